The van der Waals surface area contributed by atoms with Crippen LogP contribution in [-0.4, -0.2) is 77.4 Å². The number of ether oxygens (including phenoxy) is 2. The maximum atomic E-state index is 5.41. The first-order valence-electron chi connectivity index (χ1n) is 10.8. The summed E-state index contributed by atoms with van der Waals surface area (Å²) in [6, 6.07) is 6.50. The zero-order valence-corrected chi connectivity index (χ0v) is 18.8. The van der Waals surface area contributed by atoms with Gasteiger partial charge in [-0.05, 0) is 32.4 Å². The number of piperidine rings is 1. The third-order valence-corrected chi connectivity index (χ3v) is 5.47. The number of likely N-dealkylation sites (N-methyl/N-ethyl adjacent to an activating group) is 1. The lowest BCUT2D eigenvalue weighted by molar-refractivity contribution is 0.292. The van der Waals surface area contributed by atoms with Crippen molar-refractivity contribution in [2.45, 2.75) is 39.2 Å². The van der Waals surface area contributed by atoms with E-state index >= 15 is 0 Å². The van der Waals surface area contributed by atoms with Gasteiger partial charge in [0.2, 0.25) is 0 Å². The van der Waals surface area contributed by atoms with Crippen molar-refractivity contribution in [2.24, 2.45) is 4.99 Å². The molecule has 0 atom stereocenters. The maximum Gasteiger partial charge on any atom is 0.191 e. The van der Waals surface area contributed by atoms with Crippen LogP contribution in [0.15, 0.2) is 23.2 Å². The van der Waals surface area contributed by atoms with Crippen LogP contribution in [0.25, 0.3) is 0 Å². The molecule has 1 heterocycles. The first-order chi connectivity index (χ1) is 14.1. The molecule has 2 N–H and O–H groups in total. The van der Waals surface area contributed by atoms with Crippen molar-refractivity contribution in [3.63, 3.8) is 0 Å². The monoisotopic (exact) mass is 405 g/mol. The summed E-state index contributed by atoms with van der Waals surface area (Å²) in [5, 5.41) is 7.05. The molecule has 0 saturated carbocycles. The molecule has 0 aliphatic carbocycles. The molecule has 1 aliphatic rings. The molecule has 1 saturated heterocycles. The zero-order chi connectivity index (χ0) is 21.1. The van der Waals surface area contributed by atoms with Gasteiger partial charge in [-0.25, -0.2) is 0 Å². The minimum atomic E-state index is 0.433. The minimum Gasteiger partial charge on any atom is -0.497 e. The molecule has 29 heavy (non-hydrogen) atoms. The van der Waals surface area contributed by atoms with Crippen molar-refractivity contribution in [1.82, 2.24) is 15.5 Å². The lowest BCUT2D eigenvalue weighted by atomic mass is 10.0. The number of anilines is 1. The summed E-state index contributed by atoms with van der Waals surface area (Å²) in [4.78, 5) is 9.25. The van der Waals surface area contributed by atoms with Gasteiger partial charge in [0.05, 0.1) is 14.2 Å². The highest BCUT2D eigenvalue weighted by atomic mass is 16.5. The van der Waals surface area contributed by atoms with Crippen LogP contribution in [0.1, 0.15) is 33.1 Å². The number of nitrogens with one attached hydrogen (secondary N) is 2. The molecule has 0 aromatic heterocycles. The van der Waals surface area contributed by atoms with E-state index in [-0.39, 0.29) is 0 Å². The van der Waals surface area contributed by atoms with E-state index in [0.717, 1.165) is 75.3 Å². The number of hydrogen-bond acceptors (Lipinski definition) is 5. The van der Waals surface area contributed by atoms with Crippen molar-refractivity contribution < 1.29 is 9.47 Å². The number of nitrogens with zero attached hydrogens (tertiary/aromatic N) is 3. The fraction of sp³-hybridized carbons (Fsp3) is 0.682. The molecule has 0 unspecified atom stereocenters. The summed E-state index contributed by atoms with van der Waals surface area (Å²) in [5.74, 6) is 2.56. The van der Waals surface area contributed by atoms with Crippen molar-refractivity contribution in [1.29, 1.82) is 0 Å². The highest BCUT2D eigenvalue weighted by molar-refractivity contribution is 5.80. The van der Waals surface area contributed by atoms with E-state index in [9.17, 15) is 0 Å². The second kappa shape index (κ2) is 12.4. The van der Waals surface area contributed by atoms with Gasteiger partial charge in [-0.1, -0.05) is 13.8 Å². The largest absolute Gasteiger partial charge is 0.497 e. The summed E-state index contributed by atoms with van der Waals surface area (Å²) >= 11 is 0. The van der Waals surface area contributed by atoms with Crippen LogP contribution < -0.4 is 25.0 Å². The lowest BCUT2D eigenvalue weighted by Crippen LogP contribution is -2.49. The number of rotatable bonds is 10. The highest BCUT2D eigenvalue weighted by Crippen LogP contribution is 2.30. The highest BCUT2D eigenvalue weighted by Gasteiger charge is 2.21. The topological polar surface area (TPSA) is 61.4 Å². The molecule has 7 nitrogen and oxygen atoms in total. The predicted molar refractivity (Wildman–Crippen MR) is 122 cm³/mol. The van der Waals surface area contributed by atoms with Gasteiger partial charge in [-0.3, -0.25) is 4.99 Å². The van der Waals surface area contributed by atoms with Crippen molar-refractivity contribution >= 4 is 11.6 Å². The van der Waals surface area contributed by atoms with Gasteiger partial charge >= 0.3 is 0 Å². The molecule has 164 valence electrons. The summed E-state index contributed by atoms with van der Waals surface area (Å²) in [7, 11) is 5.22. The Balaban J connectivity index is 1.81. The third-order valence-electron chi connectivity index (χ3n) is 5.47. The quantitative estimate of drug-likeness (QED) is 0.461. The molecular weight excluding hydrogens is 366 g/mol. The Bertz CT molecular complexity index is 607. The van der Waals surface area contributed by atoms with Gasteiger partial charge in [0.1, 0.15) is 11.5 Å². The fourth-order valence-electron chi connectivity index (χ4n) is 3.72. The fourth-order valence-corrected chi connectivity index (χ4v) is 3.72. The molecule has 2 rings (SSSR count). The molecule has 1 aromatic carbocycles. The summed E-state index contributed by atoms with van der Waals surface area (Å²) < 4.78 is 10.8. The average molecular weight is 406 g/mol. The predicted octanol–water partition coefficient (Wildman–Crippen LogP) is 2.57. The lowest BCUT2D eigenvalue weighted by Gasteiger charge is -2.35. The van der Waals surface area contributed by atoms with Crippen LogP contribution in [0.5, 0.6) is 11.5 Å². The Morgan fingerprint density at radius 2 is 1.76 bits per heavy atom. The number of benzene rings is 1. The second-order valence-electron chi connectivity index (χ2n) is 7.41. The average Bonchev–Trinajstić information content (AvgIpc) is 2.77. The molecule has 0 radical (unpaired) electrons. The molecule has 0 amide bonds. The molecule has 7 heteroatoms. The first-order valence-corrected chi connectivity index (χ1v) is 10.8. The SMILES string of the molecule is CCCN(CC)CCNC(=NC)NC1CCN(c2cc(OC)cc(OC)c2)CC1. The van der Waals surface area contributed by atoms with Crippen molar-refractivity contribution in [3.05, 3.63) is 18.2 Å². The van der Waals surface area contributed by atoms with Gasteiger partial charge in [0.15, 0.2) is 5.96 Å². The van der Waals surface area contributed by atoms with E-state index < -0.39 is 0 Å². The van der Waals surface area contributed by atoms with E-state index in [1.165, 1.54) is 6.42 Å². The number of hydrogen-bond donors (Lipinski definition) is 2. The second-order valence-corrected chi connectivity index (χ2v) is 7.41. The van der Waals surface area contributed by atoms with Crippen LogP contribution in [0.3, 0.4) is 0 Å². The molecule has 0 bridgehead atoms. The van der Waals surface area contributed by atoms with E-state index in [1.807, 2.05) is 13.1 Å². The van der Waals surface area contributed by atoms with Gasteiger partial charge in [-0.2, -0.15) is 0 Å². The van der Waals surface area contributed by atoms with Gasteiger partial charge in [-0.15, -0.1) is 0 Å². The van der Waals surface area contributed by atoms with Crippen molar-refractivity contribution in [2.75, 3.05) is 65.4 Å². The Labute approximate surface area is 176 Å². The van der Waals surface area contributed by atoms with Gasteiger partial charge < -0.3 is 29.9 Å². The van der Waals surface area contributed by atoms with E-state index in [4.69, 9.17) is 9.47 Å². The van der Waals surface area contributed by atoms with E-state index in [1.54, 1.807) is 14.2 Å². The van der Waals surface area contributed by atoms with Crippen LogP contribution in [0, 0.1) is 0 Å². The molecule has 1 aromatic rings. The Kier molecular flexibility index (Phi) is 9.91. The van der Waals surface area contributed by atoms with Gasteiger partial charge in [0, 0.05) is 63.2 Å². The summed E-state index contributed by atoms with van der Waals surface area (Å²) in [6.07, 6.45) is 3.33. The van der Waals surface area contributed by atoms with E-state index in [2.05, 4.69) is 51.4 Å². The van der Waals surface area contributed by atoms with Crippen LogP contribution >= 0.6 is 0 Å². The smallest absolute Gasteiger partial charge is 0.191 e. The van der Waals surface area contributed by atoms with Crippen molar-refractivity contribution in [3.8, 4) is 11.5 Å². The number of aliphatic imine (C=N–C) groups is 1. The normalized spacial score (nSPS) is 15.5. The maximum absolute atomic E-state index is 5.41. The van der Waals surface area contributed by atoms with Gasteiger partial charge in [0.25, 0.3) is 0 Å². The Hall–Kier alpha value is -2.15. The molecule has 0 spiro atoms. The summed E-state index contributed by atoms with van der Waals surface area (Å²) in [5.41, 5.74) is 1.15. The zero-order valence-electron chi connectivity index (χ0n) is 18.8. The number of guanidine groups is 1. The Morgan fingerprint density at radius 1 is 1.10 bits per heavy atom. The number of methoxy groups -OCH3 is 2. The van der Waals surface area contributed by atoms with E-state index in [0.29, 0.717) is 6.04 Å². The minimum absolute atomic E-state index is 0.433. The van der Waals surface area contributed by atoms with Crippen LogP contribution in [-0.2, 0) is 0 Å². The molecule has 1 fully saturated rings. The van der Waals surface area contributed by atoms with Crippen LogP contribution in [0.2, 0.25) is 0 Å². The standard InChI is InChI=1S/C22H39N5O2/c1-6-11-26(7-2)14-10-24-22(23-3)25-18-8-12-27(13-9-18)19-15-20(28-4)17-21(16-19)29-5/h15-18H,6-14H2,1-5H3,(H2,23,24,25). The summed E-state index contributed by atoms with van der Waals surface area (Å²) in [6.45, 7) is 10.6. The molecular formula is C22H39N5O2. The third kappa shape index (κ3) is 7.31. The molecule has 1 aliphatic heterocycles. The first kappa shape index (κ1) is 23.1. The Morgan fingerprint density at radius 3 is 2.28 bits per heavy atom. The van der Waals surface area contributed by atoms with Crippen LogP contribution in [0.4, 0.5) is 5.69 Å².